The maximum Gasteiger partial charge on any atom is 0.0970 e. The number of thioether (sulfide) groups is 1. The molecule has 0 aliphatic rings. The lowest BCUT2D eigenvalue weighted by Crippen LogP contribution is -1.89. The summed E-state index contributed by atoms with van der Waals surface area (Å²) in [5.41, 5.74) is 2.37. The van der Waals surface area contributed by atoms with Crippen LogP contribution in [0.4, 0.5) is 0 Å². The van der Waals surface area contributed by atoms with Crippen molar-refractivity contribution in [3.8, 4) is 0 Å². The number of aliphatic hydroxyl groups excluding tert-OH is 1. The highest BCUT2D eigenvalue weighted by Gasteiger charge is 2.02. The molecule has 1 heterocycles. The van der Waals surface area contributed by atoms with Crippen molar-refractivity contribution in [1.29, 1.82) is 0 Å². The second kappa shape index (κ2) is 6.76. The van der Waals surface area contributed by atoms with Crippen LogP contribution in [0.3, 0.4) is 0 Å². The van der Waals surface area contributed by atoms with E-state index in [0.29, 0.717) is 6.61 Å². The zero-order valence-electron chi connectivity index (χ0n) is 10.7. The number of aryl methyl sites for hydroxylation is 1. The summed E-state index contributed by atoms with van der Waals surface area (Å²) in [7, 11) is 0. The van der Waals surface area contributed by atoms with E-state index in [2.05, 4.69) is 36.2 Å². The zero-order chi connectivity index (χ0) is 12.8. The number of unbranched alkanes of at least 4 members (excludes halogenated alkanes) is 2. The molecule has 0 aliphatic carbocycles. The molecule has 2 rings (SSSR count). The average molecular weight is 261 g/mol. The van der Waals surface area contributed by atoms with Crippen molar-refractivity contribution >= 4 is 22.7 Å². The molecule has 2 aromatic rings. The van der Waals surface area contributed by atoms with Gasteiger partial charge < -0.3 is 5.11 Å². The number of rotatable bonds is 6. The fraction of sp³-hybridized carbons (Fsp3) is 0.400. The Balaban J connectivity index is 2.01. The van der Waals surface area contributed by atoms with Crippen molar-refractivity contribution in [2.75, 3.05) is 12.4 Å². The SMILES string of the molecule is Cc1cc(SCCCCCO)nc2ccccc12. The molecule has 0 bridgehead atoms. The Hall–Kier alpha value is -1.06. The second-order valence-corrected chi connectivity index (χ2v) is 5.54. The van der Waals surface area contributed by atoms with Crippen LogP contribution >= 0.6 is 11.8 Å². The van der Waals surface area contributed by atoms with Gasteiger partial charge in [-0.15, -0.1) is 11.8 Å². The standard InChI is InChI=1S/C15H19NOS/c1-12-11-15(18-10-6-2-5-9-17)16-14-8-4-3-7-13(12)14/h3-4,7-8,11,17H,2,5-6,9-10H2,1H3. The van der Waals surface area contributed by atoms with E-state index < -0.39 is 0 Å². The number of benzene rings is 1. The summed E-state index contributed by atoms with van der Waals surface area (Å²) in [5.74, 6) is 1.07. The Bertz CT molecular complexity index is 513. The first-order valence-electron chi connectivity index (χ1n) is 6.41. The van der Waals surface area contributed by atoms with Gasteiger partial charge in [0.2, 0.25) is 0 Å². The lowest BCUT2D eigenvalue weighted by Gasteiger charge is -2.06. The molecule has 0 unspecified atom stereocenters. The second-order valence-electron chi connectivity index (χ2n) is 4.43. The maximum absolute atomic E-state index is 8.72. The van der Waals surface area contributed by atoms with Crippen molar-refractivity contribution < 1.29 is 5.11 Å². The van der Waals surface area contributed by atoms with Crippen LogP contribution in [0, 0.1) is 6.92 Å². The van der Waals surface area contributed by atoms with Gasteiger partial charge >= 0.3 is 0 Å². The number of aliphatic hydroxyl groups is 1. The maximum atomic E-state index is 8.72. The summed E-state index contributed by atoms with van der Waals surface area (Å²) in [6.45, 7) is 2.44. The van der Waals surface area contributed by atoms with Gasteiger partial charge in [-0.3, -0.25) is 0 Å². The molecule has 1 aromatic carbocycles. The Kier molecular flexibility index (Phi) is 5.02. The van der Waals surface area contributed by atoms with E-state index in [0.717, 1.165) is 35.6 Å². The minimum absolute atomic E-state index is 0.304. The molecule has 0 amide bonds. The average Bonchev–Trinajstić information content (AvgIpc) is 2.39. The van der Waals surface area contributed by atoms with Crippen LogP contribution in [-0.4, -0.2) is 22.5 Å². The van der Waals surface area contributed by atoms with E-state index >= 15 is 0 Å². The molecule has 2 nitrogen and oxygen atoms in total. The van der Waals surface area contributed by atoms with E-state index in [4.69, 9.17) is 5.11 Å². The van der Waals surface area contributed by atoms with Crippen LogP contribution in [0.2, 0.25) is 0 Å². The smallest absolute Gasteiger partial charge is 0.0970 e. The molecule has 3 heteroatoms. The normalized spacial score (nSPS) is 11.0. The topological polar surface area (TPSA) is 33.1 Å². The molecule has 18 heavy (non-hydrogen) atoms. The molecule has 96 valence electrons. The molecule has 1 aromatic heterocycles. The molecular formula is C15H19NOS. The number of fused-ring (bicyclic) bond motifs is 1. The van der Waals surface area contributed by atoms with Crippen LogP contribution in [0.15, 0.2) is 35.4 Å². The van der Waals surface area contributed by atoms with Crippen molar-refractivity contribution in [3.05, 3.63) is 35.9 Å². The number of aromatic nitrogens is 1. The quantitative estimate of drug-likeness (QED) is 0.634. The predicted octanol–water partition coefficient (Wildman–Crippen LogP) is 3.80. The summed E-state index contributed by atoms with van der Waals surface area (Å²) in [6.07, 6.45) is 3.14. The molecule has 0 saturated heterocycles. The van der Waals surface area contributed by atoms with Crippen molar-refractivity contribution in [3.63, 3.8) is 0 Å². The van der Waals surface area contributed by atoms with Gasteiger partial charge in [-0.2, -0.15) is 0 Å². The van der Waals surface area contributed by atoms with Crippen molar-refractivity contribution in [2.45, 2.75) is 31.2 Å². The van der Waals surface area contributed by atoms with Gasteiger partial charge in [-0.1, -0.05) is 24.6 Å². The Morgan fingerprint density at radius 1 is 1.17 bits per heavy atom. The summed E-state index contributed by atoms with van der Waals surface area (Å²) < 4.78 is 0. The van der Waals surface area contributed by atoms with Gasteiger partial charge in [0.05, 0.1) is 10.5 Å². The third-order valence-electron chi connectivity index (χ3n) is 2.95. The lowest BCUT2D eigenvalue weighted by molar-refractivity contribution is 0.284. The van der Waals surface area contributed by atoms with Crippen LogP contribution < -0.4 is 0 Å². The van der Waals surface area contributed by atoms with Crippen molar-refractivity contribution in [2.24, 2.45) is 0 Å². The minimum atomic E-state index is 0.304. The highest BCUT2D eigenvalue weighted by molar-refractivity contribution is 7.99. The molecule has 0 atom stereocenters. The molecule has 0 saturated carbocycles. The molecule has 0 radical (unpaired) electrons. The molecule has 0 spiro atoms. The monoisotopic (exact) mass is 261 g/mol. The fourth-order valence-electron chi connectivity index (χ4n) is 1.96. The van der Waals surface area contributed by atoms with Gasteiger partial charge in [0, 0.05) is 12.0 Å². The zero-order valence-corrected chi connectivity index (χ0v) is 11.5. The molecule has 0 aliphatic heterocycles. The van der Waals surface area contributed by atoms with Crippen molar-refractivity contribution in [1.82, 2.24) is 4.98 Å². The number of pyridine rings is 1. The van der Waals surface area contributed by atoms with Gasteiger partial charge in [-0.25, -0.2) is 4.98 Å². The first-order valence-corrected chi connectivity index (χ1v) is 7.40. The number of hydrogen-bond donors (Lipinski definition) is 1. The number of para-hydroxylation sites is 1. The van der Waals surface area contributed by atoms with Crippen LogP contribution in [-0.2, 0) is 0 Å². The molecule has 1 N–H and O–H groups in total. The molecular weight excluding hydrogens is 242 g/mol. The van der Waals surface area contributed by atoms with Gasteiger partial charge in [0.15, 0.2) is 0 Å². The lowest BCUT2D eigenvalue weighted by atomic mass is 10.1. The largest absolute Gasteiger partial charge is 0.396 e. The third kappa shape index (κ3) is 3.47. The van der Waals surface area contributed by atoms with E-state index in [1.165, 1.54) is 10.9 Å². The molecule has 0 fully saturated rings. The van der Waals surface area contributed by atoms with Gasteiger partial charge in [0.1, 0.15) is 0 Å². The summed E-state index contributed by atoms with van der Waals surface area (Å²) >= 11 is 1.81. The van der Waals surface area contributed by atoms with Gasteiger partial charge in [0.25, 0.3) is 0 Å². The Morgan fingerprint density at radius 3 is 2.83 bits per heavy atom. The van der Waals surface area contributed by atoms with E-state index in [9.17, 15) is 0 Å². The third-order valence-corrected chi connectivity index (χ3v) is 3.95. The van der Waals surface area contributed by atoms with Crippen LogP contribution in [0.5, 0.6) is 0 Å². The van der Waals surface area contributed by atoms with Crippen LogP contribution in [0.1, 0.15) is 24.8 Å². The first-order chi connectivity index (χ1) is 8.81. The first kappa shape index (κ1) is 13.4. The van der Waals surface area contributed by atoms with E-state index in [1.807, 2.05) is 17.8 Å². The highest BCUT2D eigenvalue weighted by atomic mass is 32.2. The Morgan fingerprint density at radius 2 is 2.00 bits per heavy atom. The van der Waals surface area contributed by atoms with Gasteiger partial charge in [-0.05, 0) is 43.2 Å². The fourth-order valence-corrected chi connectivity index (χ4v) is 2.94. The number of nitrogens with zero attached hydrogens (tertiary/aromatic N) is 1. The Labute approximate surface area is 112 Å². The minimum Gasteiger partial charge on any atom is -0.396 e. The van der Waals surface area contributed by atoms with Crippen LogP contribution in [0.25, 0.3) is 10.9 Å². The predicted molar refractivity (Wildman–Crippen MR) is 78.1 cm³/mol. The summed E-state index contributed by atoms with van der Waals surface area (Å²) in [5, 5.41) is 11.1. The highest BCUT2D eigenvalue weighted by Crippen LogP contribution is 2.24. The number of hydrogen-bond acceptors (Lipinski definition) is 3. The van der Waals surface area contributed by atoms with E-state index in [-0.39, 0.29) is 0 Å². The summed E-state index contributed by atoms with van der Waals surface area (Å²) in [4.78, 5) is 4.67. The summed E-state index contributed by atoms with van der Waals surface area (Å²) in [6, 6.07) is 10.4. The van der Waals surface area contributed by atoms with E-state index in [1.54, 1.807) is 0 Å².